The van der Waals surface area contributed by atoms with E-state index in [1.165, 1.54) is 5.06 Å². The zero-order valence-electron chi connectivity index (χ0n) is 16.5. The SMILES string of the molecule is CC(C)n1cc(Nc2ncc(C(F)(F)F)c(N3OCCC3c3ccccc3)n2)cn1. The van der Waals surface area contributed by atoms with E-state index in [1.54, 1.807) is 17.1 Å². The number of hydrogen-bond donors (Lipinski definition) is 1. The van der Waals surface area contributed by atoms with Gasteiger partial charge in [-0.1, -0.05) is 30.3 Å². The molecule has 158 valence electrons. The first-order chi connectivity index (χ1) is 14.3. The van der Waals surface area contributed by atoms with Crippen LogP contribution in [0.2, 0.25) is 0 Å². The van der Waals surface area contributed by atoms with Gasteiger partial charge >= 0.3 is 6.18 Å². The summed E-state index contributed by atoms with van der Waals surface area (Å²) in [5.41, 5.74) is 0.486. The molecule has 1 saturated heterocycles. The summed E-state index contributed by atoms with van der Waals surface area (Å²) in [6.07, 6.45) is 0.0183. The predicted molar refractivity (Wildman–Crippen MR) is 105 cm³/mol. The monoisotopic (exact) mass is 418 g/mol. The fraction of sp³-hybridized carbons (Fsp3) is 0.350. The largest absolute Gasteiger partial charge is 0.421 e. The summed E-state index contributed by atoms with van der Waals surface area (Å²) in [4.78, 5) is 13.6. The lowest BCUT2D eigenvalue weighted by Gasteiger charge is -2.26. The maximum Gasteiger partial charge on any atom is 0.421 e. The maximum absolute atomic E-state index is 13.7. The van der Waals surface area contributed by atoms with Crippen LogP contribution in [0.3, 0.4) is 0 Å². The van der Waals surface area contributed by atoms with Gasteiger partial charge in [-0.2, -0.15) is 23.3 Å². The van der Waals surface area contributed by atoms with Crippen molar-refractivity contribution in [1.29, 1.82) is 0 Å². The summed E-state index contributed by atoms with van der Waals surface area (Å²) < 4.78 is 42.8. The van der Waals surface area contributed by atoms with Gasteiger partial charge in [0, 0.05) is 24.9 Å². The molecule has 0 bridgehead atoms. The van der Waals surface area contributed by atoms with Gasteiger partial charge in [0.2, 0.25) is 5.95 Å². The summed E-state index contributed by atoms with van der Waals surface area (Å²) in [5.74, 6) is -0.286. The molecule has 0 amide bonds. The van der Waals surface area contributed by atoms with Crippen molar-refractivity contribution in [2.24, 2.45) is 0 Å². The van der Waals surface area contributed by atoms with Gasteiger partial charge in [0.05, 0.1) is 24.5 Å². The van der Waals surface area contributed by atoms with Crippen molar-refractivity contribution in [2.45, 2.75) is 38.5 Å². The van der Waals surface area contributed by atoms with E-state index in [4.69, 9.17) is 4.84 Å². The summed E-state index contributed by atoms with van der Waals surface area (Å²) >= 11 is 0. The lowest BCUT2D eigenvalue weighted by atomic mass is 10.0. The van der Waals surface area contributed by atoms with Crippen LogP contribution in [-0.4, -0.2) is 26.4 Å². The average molecular weight is 418 g/mol. The molecule has 1 atom stereocenters. The zero-order valence-corrected chi connectivity index (χ0v) is 16.5. The van der Waals surface area contributed by atoms with Crippen molar-refractivity contribution in [1.82, 2.24) is 19.7 Å². The van der Waals surface area contributed by atoms with Crippen molar-refractivity contribution in [2.75, 3.05) is 17.0 Å². The molecular weight excluding hydrogens is 397 g/mol. The number of halogens is 3. The normalized spacial score (nSPS) is 17.0. The Labute approximate surface area is 171 Å². The lowest BCUT2D eigenvalue weighted by molar-refractivity contribution is -0.138. The van der Waals surface area contributed by atoms with E-state index in [-0.39, 0.29) is 23.8 Å². The molecule has 1 N–H and O–H groups in total. The summed E-state index contributed by atoms with van der Waals surface area (Å²) in [6.45, 7) is 4.24. The van der Waals surface area contributed by atoms with E-state index in [9.17, 15) is 13.2 Å². The highest BCUT2D eigenvalue weighted by atomic mass is 19.4. The van der Waals surface area contributed by atoms with E-state index < -0.39 is 11.7 Å². The minimum atomic E-state index is -4.62. The van der Waals surface area contributed by atoms with E-state index in [0.29, 0.717) is 18.7 Å². The smallest absolute Gasteiger partial charge is 0.321 e. The molecule has 10 heteroatoms. The number of nitrogens with one attached hydrogen (secondary N) is 1. The zero-order chi connectivity index (χ0) is 21.3. The molecule has 0 saturated carbocycles. The van der Waals surface area contributed by atoms with Crippen LogP contribution in [-0.2, 0) is 11.0 Å². The molecular formula is C20H21F3N6O. The highest BCUT2D eigenvalue weighted by Crippen LogP contribution is 2.41. The number of alkyl halides is 3. The molecule has 1 unspecified atom stereocenters. The molecule has 3 heterocycles. The van der Waals surface area contributed by atoms with Crippen molar-refractivity contribution in [3.63, 3.8) is 0 Å². The third-order valence-electron chi connectivity index (χ3n) is 4.76. The highest BCUT2D eigenvalue weighted by Gasteiger charge is 2.40. The summed E-state index contributed by atoms with van der Waals surface area (Å²) in [6, 6.07) is 9.04. The second kappa shape index (κ2) is 7.94. The Bertz CT molecular complexity index is 1010. The van der Waals surface area contributed by atoms with Gasteiger partial charge in [-0.25, -0.2) is 10.0 Å². The molecule has 2 aromatic heterocycles. The number of hydroxylamine groups is 1. The third-order valence-corrected chi connectivity index (χ3v) is 4.76. The van der Waals surface area contributed by atoms with Crippen LogP contribution in [0.5, 0.6) is 0 Å². The minimum absolute atomic E-state index is 0.0311. The van der Waals surface area contributed by atoms with Crippen LogP contribution in [0.4, 0.5) is 30.6 Å². The van der Waals surface area contributed by atoms with Crippen molar-refractivity contribution < 1.29 is 18.0 Å². The van der Waals surface area contributed by atoms with Crippen LogP contribution < -0.4 is 10.4 Å². The second-order valence-electron chi connectivity index (χ2n) is 7.23. The number of benzene rings is 1. The molecule has 30 heavy (non-hydrogen) atoms. The number of anilines is 3. The Kier molecular flexibility index (Phi) is 5.33. The van der Waals surface area contributed by atoms with Gasteiger partial charge in [0.25, 0.3) is 0 Å². The van der Waals surface area contributed by atoms with Crippen molar-refractivity contribution in [3.8, 4) is 0 Å². The molecule has 1 aromatic carbocycles. The summed E-state index contributed by atoms with van der Waals surface area (Å²) in [5, 5.41) is 8.36. The molecule has 1 fully saturated rings. The number of aromatic nitrogens is 4. The molecule has 7 nitrogen and oxygen atoms in total. The fourth-order valence-corrected chi connectivity index (χ4v) is 3.27. The Hall–Kier alpha value is -3.14. The average Bonchev–Trinajstić information content (AvgIpc) is 3.37. The standard InChI is InChI=1S/C20H21F3N6O/c1-13(2)28-12-15(10-25-28)26-19-24-11-16(20(21,22)23)18(27-19)29-17(8-9-30-29)14-6-4-3-5-7-14/h3-7,10-13,17H,8-9H2,1-2H3,(H,24,26,27). The molecule has 1 aliphatic rings. The Morgan fingerprint density at radius 2 is 1.93 bits per heavy atom. The first-order valence-electron chi connectivity index (χ1n) is 9.55. The van der Waals surface area contributed by atoms with Gasteiger partial charge < -0.3 is 5.32 Å². The van der Waals surface area contributed by atoms with E-state index in [1.807, 2.05) is 44.2 Å². The van der Waals surface area contributed by atoms with Gasteiger partial charge in [0.1, 0.15) is 5.56 Å². The van der Waals surface area contributed by atoms with Crippen molar-refractivity contribution >= 4 is 17.5 Å². The van der Waals surface area contributed by atoms with Crippen LogP contribution in [0.1, 0.15) is 43.5 Å². The molecule has 3 aromatic rings. The minimum Gasteiger partial charge on any atom is -0.321 e. The topological polar surface area (TPSA) is 68.1 Å². The number of hydrogen-bond acceptors (Lipinski definition) is 6. The van der Waals surface area contributed by atoms with Crippen LogP contribution in [0.25, 0.3) is 0 Å². The van der Waals surface area contributed by atoms with E-state index >= 15 is 0 Å². The number of rotatable bonds is 5. The summed E-state index contributed by atoms with van der Waals surface area (Å²) in [7, 11) is 0. The molecule has 0 radical (unpaired) electrons. The quantitative estimate of drug-likeness (QED) is 0.636. The van der Waals surface area contributed by atoms with E-state index in [2.05, 4.69) is 20.4 Å². The first kappa shape index (κ1) is 20.1. The Morgan fingerprint density at radius 1 is 1.17 bits per heavy atom. The first-order valence-corrected chi connectivity index (χ1v) is 9.55. The predicted octanol–water partition coefficient (Wildman–Crippen LogP) is 4.90. The van der Waals surface area contributed by atoms with Crippen LogP contribution >= 0.6 is 0 Å². The van der Waals surface area contributed by atoms with Crippen LogP contribution in [0, 0.1) is 0 Å². The van der Waals surface area contributed by atoms with Crippen molar-refractivity contribution in [3.05, 3.63) is 60.0 Å². The van der Waals surface area contributed by atoms with Gasteiger partial charge in [-0.05, 0) is 19.4 Å². The maximum atomic E-state index is 13.7. The van der Waals surface area contributed by atoms with Gasteiger partial charge in [0.15, 0.2) is 5.82 Å². The molecule has 1 aliphatic heterocycles. The second-order valence-corrected chi connectivity index (χ2v) is 7.23. The Morgan fingerprint density at radius 3 is 2.60 bits per heavy atom. The molecule has 0 aliphatic carbocycles. The van der Waals surface area contributed by atoms with E-state index in [0.717, 1.165) is 11.8 Å². The number of nitrogens with zero attached hydrogens (tertiary/aromatic N) is 5. The van der Waals surface area contributed by atoms with Gasteiger partial charge in [-0.3, -0.25) is 9.52 Å². The molecule has 4 rings (SSSR count). The highest BCUT2D eigenvalue weighted by molar-refractivity contribution is 5.56. The fourth-order valence-electron chi connectivity index (χ4n) is 3.27. The molecule has 0 spiro atoms. The van der Waals surface area contributed by atoms with Crippen LogP contribution in [0.15, 0.2) is 48.9 Å². The lowest BCUT2D eigenvalue weighted by Crippen LogP contribution is -2.26. The third kappa shape index (κ3) is 4.09. The Balaban J connectivity index is 1.70. The van der Waals surface area contributed by atoms with Gasteiger partial charge in [-0.15, -0.1) is 0 Å².